The van der Waals surface area contributed by atoms with Crippen molar-refractivity contribution in [2.45, 2.75) is 6.04 Å². The molecule has 11 heavy (non-hydrogen) atoms. The van der Waals surface area contributed by atoms with E-state index in [0.717, 1.165) is 13.1 Å². The van der Waals surface area contributed by atoms with Crippen LogP contribution in [0.1, 0.15) is 6.04 Å². The molecule has 1 aromatic heterocycles. The van der Waals surface area contributed by atoms with Crippen LogP contribution in [0.15, 0.2) is 12.3 Å². The van der Waals surface area contributed by atoms with Gasteiger partial charge in [0.1, 0.15) is 5.82 Å². The lowest BCUT2D eigenvalue weighted by Crippen LogP contribution is -2.45. The first-order valence-electron chi connectivity index (χ1n) is 3.75. The number of likely N-dealkylation sites (N-methyl/N-ethyl adjacent to an activating group) is 1. The molecule has 1 aliphatic rings. The fraction of sp³-hybridized carbons (Fsp3) is 0.571. The van der Waals surface area contributed by atoms with Crippen LogP contribution in [-0.2, 0) is 0 Å². The Labute approximate surface area is 65.6 Å². The van der Waals surface area contributed by atoms with E-state index in [1.807, 2.05) is 16.9 Å². The molecule has 0 bridgehead atoms. The minimum absolute atomic E-state index is 0.539. The van der Waals surface area contributed by atoms with Crippen LogP contribution in [0.3, 0.4) is 0 Å². The van der Waals surface area contributed by atoms with Crippen molar-refractivity contribution in [3.63, 3.8) is 0 Å². The quantitative estimate of drug-likeness (QED) is 0.614. The summed E-state index contributed by atoms with van der Waals surface area (Å²) < 4.78 is 1.94. The lowest BCUT2D eigenvalue weighted by Gasteiger charge is -2.35. The number of anilines is 1. The van der Waals surface area contributed by atoms with Gasteiger partial charge in [-0.15, -0.1) is 0 Å². The predicted octanol–water partition coefficient (Wildman–Crippen LogP) is -0.0482. The molecule has 0 spiro atoms. The molecule has 2 rings (SSSR count). The fourth-order valence-corrected chi connectivity index (χ4v) is 1.39. The zero-order valence-electron chi connectivity index (χ0n) is 6.57. The second-order valence-corrected chi connectivity index (χ2v) is 3.10. The third-order valence-electron chi connectivity index (χ3n) is 2.05. The second kappa shape index (κ2) is 2.23. The van der Waals surface area contributed by atoms with Crippen molar-refractivity contribution in [3.05, 3.63) is 12.3 Å². The highest BCUT2D eigenvalue weighted by Gasteiger charge is 2.24. The Hall–Kier alpha value is -1.03. The zero-order chi connectivity index (χ0) is 7.84. The molecule has 0 aromatic carbocycles. The third kappa shape index (κ3) is 1.09. The summed E-state index contributed by atoms with van der Waals surface area (Å²) in [6.07, 6.45) is 1.94. The van der Waals surface area contributed by atoms with Gasteiger partial charge in [0.2, 0.25) is 0 Å². The summed E-state index contributed by atoms with van der Waals surface area (Å²) in [5.74, 6) is 0.611. The van der Waals surface area contributed by atoms with Crippen LogP contribution in [0.5, 0.6) is 0 Å². The van der Waals surface area contributed by atoms with Crippen LogP contribution in [0.25, 0.3) is 0 Å². The van der Waals surface area contributed by atoms with E-state index in [-0.39, 0.29) is 0 Å². The normalized spacial score (nSPS) is 20.1. The Morgan fingerprint density at radius 1 is 1.64 bits per heavy atom. The highest BCUT2D eigenvalue weighted by atomic mass is 15.4. The number of likely N-dealkylation sites (tertiary alicyclic amines) is 1. The molecular weight excluding hydrogens is 140 g/mol. The molecule has 2 heterocycles. The highest BCUT2D eigenvalue weighted by Crippen LogP contribution is 2.18. The molecule has 1 fully saturated rings. The molecule has 0 aliphatic carbocycles. The molecule has 0 amide bonds. The number of hydrogen-bond acceptors (Lipinski definition) is 3. The summed E-state index contributed by atoms with van der Waals surface area (Å²) in [5.41, 5.74) is 5.48. The molecule has 1 aromatic rings. The summed E-state index contributed by atoms with van der Waals surface area (Å²) >= 11 is 0. The molecule has 60 valence electrons. The molecule has 4 heteroatoms. The van der Waals surface area contributed by atoms with Gasteiger partial charge in [-0.2, -0.15) is 5.10 Å². The predicted molar refractivity (Wildman–Crippen MR) is 43.2 cm³/mol. The van der Waals surface area contributed by atoms with Crippen molar-refractivity contribution in [2.75, 3.05) is 25.9 Å². The van der Waals surface area contributed by atoms with E-state index in [1.54, 1.807) is 0 Å². The van der Waals surface area contributed by atoms with Gasteiger partial charge in [0.05, 0.1) is 6.04 Å². The van der Waals surface area contributed by atoms with Gasteiger partial charge in [0.25, 0.3) is 0 Å². The summed E-state index contributed by atoms with van der Waals surface area (Å²) in [6.45, 7) is 2.17. The van der Waals surface area contributed by atoms with Gasteiger partial charge < -0.3 is 10.6 Å². The van der Waals surface area contributed by atoms with Crippen LogP contribution < -0.4 is 5.73 Å². The van der Waals surface area contributed by atoms with E-state index in [4.69, 9.17) is 5.73 Å². The number of nitrogens with zero attached hydrogens (tertiary/aromatic N) is 3. The maximum absolute atomic E-state index is 5.48. The molecule has 0 saturated carbocycles. The van der Waals surface area contributed by atoms with E-state index in [9.17, 15) is 0 Å². The van der Waals surface area contributed by atoms with Gasteiger partial charge >= 0.3 is 0 Å². The van der Waals surface area contributed by atoms with Crippen molar-refractivity contribution in [2.24, 2.45) is 0 Å². The summed E-state index contributed by atoms with van der Waals surface area (Å²) in [4.78, 5) is 2.25. The average Bonchev–Trinajstić information content (AvgIpc) is 2.29. The van der Waals surface area contributed by atoms with Crippen LogP contribution in [0.2, 0.25) is 0 Å². The van der Waals surface area contributed by atoms with E-state index in [1.165, 1.54) is 0 Å². The second-order valence-electron chi connectivity index (χ2n) is 3.10. The van der Waals surface area contributed by atoms with E-state index in [0.29, 0.717) is 11.9 Å². The molecular formula is C7H12N4. The van der Waals surface area contributed by atoms with Crippen molar-refractivity contribution < 1.29 is 0 Å². The van der Waals surface area contributed by atoms with Crippen LogP contribution in [0.4, 0.5) is 5.82 Å². The first-order valence-corrected chi connectivity index (χ1v) is 3.75. The topological polar surface area (TPSA) is 47.1 Å². The SMILES string of the molecule is CN1CC(n2ccc(N)n2)C1. The van der Waals surface area contributed by atoms with Gasteiger partial charge in [-0.25, -0.2) is 0 Å². The smallest absolute Gasteiger partial charge is 0.145 e. The molecule has 1 saturated heterocycles. The maximum atomic E-state index is 5.48. The van der Waals surface area contributed by atoms with Crippen LogP contribution in [0, 0.1) is 0 Å². The standard InChI is InChI=1S/C7H12N4/c1-10-4-6(5-10)11-3-2-7(8)9-11/h2-3,6H,4-5H2,1H3,(H2,8,9). The Kier molecular flexibility index (Phi) is 1.35. The maximum Gasteiger partial charge on any atom is 0.145 e. The largest absolute Gasteiger partial charge is 0.382 e. The zero-order valence-corrected chi connectivity index (χ0v) is 6.57. The van der Waals surface area contributed by atoms with E-state index in [2.05, 4.69) is 17.0 Å². The number of nitrogens with two attached hydrogens (primary N) is 1. The van der Waals surface area contributed by atoms with Crippen molar-refractivity contribution in [3.8, 4) is 0 Å². The Morgan fingerprint density at radius 3 is 2.82 bits per heavy atom. The highest BCUT2D eigenvalue weighted by molar-refractivity contribution is 5.24. The number of aromatic nitrogens is 2. The summed E-state index contributed by atoms with van der Waals surface area (Å²) in [6, 6.07) is 2.37. The van der Waals surface area contributed by atoms with E-state index < -0.39 is 0 Å². The molecule has 4 nitrogen and oxygen atoms in total. The molecule has 0 atom stereocenters. The third-order valence-corrected chi connectivity index (χ3v) is 2.05. The van der Waals surface area contributed by atoms with Crippen molar-refractivity contribution in [1.82, 2.24) is 14.7 Å². The summed E-state index contributed by atoms with van der Waals surface area (Å²) in [5, 5.41) is 4.13. The molecule has 2 N–H and O–H groups in total. The lowest BCUT2D eigenvalue weighted by molar-refractivity contribution is 0.131. The average molecular weight is 152 g/mol. The van der Waals surface area contributed by atoms with Crippen LogP contribution >= 0.6 is 0 Å². The number of nitrogen functional groups attached to an aromatic ring is 1. The van der Waals surface area contributed by atoms with E-state index >= 15 is 0 Å². The molecule has 0 radical (unpaired) electrons. The first kappa shape index (κ1) is 6.67. The lowest BCUT2D eigenvalue weighted by atomic mass is 10.1. The van der Waals surface area contributed by atoms with Gasteiger partial charge in [-0.1, -0.05) is 0 Å². The van der Waals surface area contributed by atoms with Crippen LogP contribution in [-0.4, -0.2) is 34.8 Å². The molecule has 0 unspecified atom stereocenters. The fourth-order valence-electron chi connectivity index (χ4n) is 1.39. The first-order chi connectivity index (χ1) is 5.25. The number of rotatable bonds is 1. The number of hydrogen-bond donors (Lipinski definition) is 1. The van der Waals surface area contributed by atoms with Gasteiger partial charge in [0, 0.05) is 19.3 Å². The molecule has 1 aliphatic heterocycles. The van der Waals surface area contributed by atoms with Gasteiger partial charge in [-0.3, -0.25) is 4.68 Å². The Morgan fingerprint density at radius 2 is 2.36 bits per heavy atom. The summed E-state index contributed by atoms with van der Waals surface area (Å²) in [7, 11) is 2.10. The monoisotopic (exact) mass is 152 g/mol. The van der Waals surface area contributed by atoms with Crippen molar-refractivity contribution >= 4 is 5.82 Å². The Bertz CT molecular complexity index is 249. The van der Waals surface area contributed by atoms with Gasteiger partial charge in [0.15, 0.2) is 0 Å². The van der Waals surface area contributed by atoms with Gasteiger partial charge in [-0.05, 0) is 13.1 Å². The van der Waals surface area contributed by atoms with Crippen molar-refractivity contribution in [1.29, 1.82) is 0 Å². The minimum atomic E-state index is 0.539. The Balaban J connectivity index is 2.07. The minimum Gasteiger partial charge on any atom is -0.382 e.